The number of hydrogen-bond acceptors (Lipinski definition) is 2. The van der Waals surface area contributed by atoms with E-state index < -0.39 is 0 Å². The van der Waals surface area contributed by atoms with E-state index >= 15 is 0 Å². The summed E-state index contributed by atoms with van der Waals surface area (Å²) in [6.45, 7) is 7.59. The van der Waals surface area contributed by atoms with Crippen molar-refractivity contribution in [2.24, 2.45) is 0 Å². The summed E-state index contributed by atoms with van der Waals surface area (Å²) in [5, 5.41) is 8.70. The van der Waals surface area contributed by atoms with E-state index in [0.29, 0.717) is 12.0 Å². The standard InChI is InChI=1S/C13H22ClN3/c1-9(2)17-13(12(14)8-16-17)10(3)6-7-15-11-4-5-11/h8-11,15H,4-7H2,1-3H3. The summed E-state index contributed by atoms with van der Waals surface area (Å²) < 4.78 is 2.05. The third-order valence-corrected chi connectivity index (χ3v) is 3.62. The third kappa shape index (κ3) is 3.23. The zero-order chi connectivity index (χ0) is 12.4. The number of nitrogens with one attached hydrogen (secondary N) is 1. The van der Waals surface area contributed by atoms with Gasteiger partial charge in [-0.15, -0.1) is 0 Å². The van der Waals surface area contributed by atoms with Crippen molar-refractivity contribution in [1.29, 1.82) is 0 Å². The Labute approximate surface area is 109 Å². The molecule has 1 heterocycles. The van der Waals surface area contributed by atoms with Crippen LogP contribution in [0.2, 0.25) is 5.02 Å². The maximum absolute atomic E-state index is 6.23. The SMILES string of the molecule is CC(CCNC1CC1)c1c(Cl)cnn1C(C)C. The first kappa shape index (κ1) is 12.9. The van der Waals surface area contributed by atoms with Crippen LogP contribution in [0.5, 0.6) is 0 Å². The van der Waals surface area contributed by atoms with Crippen LogP contribution in [0.15, 0.2) is 6.20 Å². The van der Waals surface area contributed by atoms with Crippen molar-refractivity contribution in [1.82, 2.24) is 15.1 Å². The molecule has 0 amide bonds. The lowest BCUT2D eigenvalue weighted by Gasteiger charge is -2.17. The van der Waals surface area contributed by atoms with Gasteiger partial charge in [-0.2, -0.15) is 5.10 Å². The van der Waals surface area contributed by atoms with Crippen LogP contribution in [0, 0.1) is 0 Å². The first-order valence-corrected chi connectivity index (χ1v) is 6.93. The molecule has 1 atom stereocenters. The van der Waals surface area contributed by atoms with E-state index in [-0.39, 0.29) is 0 Å². The molecule has 1 aliphatic rings. The highest BCUT2D eigenvalue weighted by Crippen LogP contribution is 2.29. The minimum absolute atomic E-state index is 0.372. The fourth-order valence-corrected chi connectivity index (χ4v) is 2.47. The number of aromatic nitrogens is 2. The van der Waals surface area contributed by atoms with Crippen molar-refractivity contribution in [2.75, 3.05) is 6.54 Å². The van der Waals surface area contributed by atoms with Crippen LogP contribution in [-0.2, 0) is 0 Å². The molecule has 0 aliphatic heterocycles. The summed E-state index contributed by atoms with van der Waals surface area (Å²) in [5.41, 5.74) is 1.18. The molecular weight excluding hydrogens is 234 g/mol. The van der Waals surface area contributed by atoms with E-state index in [1.165, 1.54) is 18.5 Å². The topological polar surface area (TPSA) is 29.9 Å². The van der Waals surface area contributed by atoms with E-state index in [2.05, 4.69) is 31.2 Å². The lowest BCUT2D eigenvalue weighted by atomic mass is 10.0. The second-order valence-electron chi connectivity index (χ2n) is 5.33. The van der Waals surface area contributed by atoms with Gasteiger partial charge in [-0.05, 0) is 39.7 Å². The second kappa shape index (κ2) is 5.40. The first-order chi connectivity index (χ1) is 8.09. The first-order valence-electron chi connectivity index (χ1n) is 6.56. The Morgan fingerprint density at radius 2 is 2.18 bits per heavy atom. The van der Waals surface area contributed by atoms with Gasteiger partial charge < -0.3 is 5.32 Å². The van der Waals surface area contributed by atoms with Gasteiger partial charge in [0.1, 0.15) is 0 Å². The molecule has 17 heavy (non-hydrogen) atoms. The monoisotopic (exact) mass is 255 g/mol. The van der Waals surface area contributed by atoms with E-state index in [1.807, 2.05) is 4.68 Å². The summed E-state index contributed by atoms with van der Waals surface area (Å²) in [6.07, 6.45) is 5.58. The lowest BCUT2D eigenvalue weighted by Crippen LogP contribution is -2.20. The second-order valence-corrected chi connectivity index (χ2v) is 5.74. The number of rotatable bonds is 6. The predicted octanol–water partition coefficient (Wildman–Crippen LogP) is 3.36. The Bertz CT molecular complexity index is 369. The highest BCUT2D eigenvalue weighted by atomic mass is 35.5. The molecule has 1 aromatic heterocycles. The van der Waals surface area contributed by atoms with E-state index in [1.54, 1.807) is 6.20 Å². The van der Waals surface area contributed by atoms with Crippen LogP contribution in [-0.4, -0.2) is 22.4 Å². The molecule has 1 saturated carbocycles. The predicted molar refractivity (Wildman–Crippen MR) is 71.7 cm³/mol. The average Bonchev–Trinajstić information content (AvgIpc) is 2.99. The molecule has 1 fully saturated rings. The summed E-state index contributed by atoms with van der Waals surface area (Å²) in [4.78, 5) is 0. The summed E-state index contributed by atoms with van der Waals surface area (Å²) in [6, 6.07) is 1.16. The van der Waals surface area contributed by atoms with Crippen molar-refractivity contribution in [3.8, 4) is 0 Å². The molecule has 0 saturated heterocycles. The number of hydrogen-bond donors (Lipinski definition) is 1. The quantitative estimate of drug-likeness (QED) is 0.845. The number of nitrogens with zero attached hydrogens (tertiary/aromatic N) is 2. The Kier molecular flexibility index (Phi) is 4.10. The van der Waals surface area contributed by atoms with Gasteiger partial charge in [0.05, 0.1) is 16.9 Å². The molecular formula is C13H22ClN3. The minimum Gasteiger partial charge on any atom is -0.314 e. The van der Waals surface area contributed by atoms with Crippen molar-refractivity contribution in [3.05, 3.63) is 16.9 Å². The fraction of sp³-hybridized carbons (Fsp3) is 0.769. The molecule has 96 valence electrons. The van der Waals surface area contributed by atoms with Crippen molar-refractivity contribution < 1.29 is 0 Å². The molecule has 1 unspecified atom stereocenters. The van der Waals surface area contributed by atoms with Crippen LogP contribution in [0.1, 0.15) is 57.7 Å². The largest absolute Gasteiger partial charge is 0.314 e. The molecule has 1 N–H and O–H groups in total. The number of halogens is 1. The van der Waals surface area contributed by atoms with E-state index in [0.717, 1.165) is 24.0 Å². The zero-order valence-corrected chi connectivity index (χ0v) is 11.7. The molecule has 1 aliphatic carbocycles. The van der Waals surface area contributed by atoms with Gasteiger partial charge >= 0.3 is 0 Å². The van der Waals surface area contributed by atoms with Gasteiger partial charge in [0.25, 0.3) is 0 Å². The summed E-state index contributed by atoms with van der Waals surface area (Å²) >= 11 is 6.23. The molecule has 0 bridgehead atoms. The molecule has 2 rings (SSSR count). The van der Waals surface area contributed by atoms with E-state index in [9.17, 15) is 0 Å². The third-order valence-electron chi connectivity index (χ3n) is 3.33. The van der Waals surface area contributed by atoms with Crippen LogP contribution < -0.4 is 5.32 Å². The smallest absolute Gasteiger partial charge is 0.0820 e. The Balaban J connectivity index is 1.95. The maximum Gasteiger partial charge on any atom is 0.0820 e. The van der Waals surface area contributed by atoms with Crippen molar-refractivity contribution in [2.45, 2.75) is 58.0 Å². The van der Waals surface area contributed by atoms with Gasteiger partial charge in [-0.1, -0.05) is 18.5 Å². The van der Waals surface area contributed by atoms with Gasteiger partial charge in [-0.3, -0.25) is 4.68 Å². The van der Waals surface area contributed by atoms with Crippen molar-refractivity contribution in [3.63, 3.8) is 0 Å². The van der Waals surface area contributed by atoms with Crippen molar-refractivity contribution >= 4 is 11.6 Å². The Hall–Kier alpha value is -0.540. The highest BCUT2D eigenvalue weighted by molar-refractivity contribution is 6.31. The molecule has 3 nitrogen and oxygen atoms in total. The summed E-state index contributed by atoms with van der Waals surface area (Å²) in [7, 11) is 0. The maximum atomic E-state index is 6.23. The molecule has 0 aromatic carbocycles. The Morgan fingerprint density at radius 1 is 1.47 bits per heavy atom. The molecule has 0 radical (unpaired) electrons. The average molecular weight is 256 g/mol. The molecule has 4 heteroatoms. The normalized spacial score (nSPS) is 17.7. The van der Waals surface area contributed by atoms with Gasteiger partial charge in [0.2, 0.25) is 0 Å². The fourth-order valence-electron chi connectivity index (χ4n) is 2.15. The van der Waals surface area contributed by atoms with Crippen LogP contribution >= 0.6 is 11.6 Å². The lowest BCUT2D eigenvalue weighted by molar-refractivity contribution is 0.477. The van der Waals surface area contributed by atoms with Crippen LogP contribution in [0.4, 0.5) is 0 Å². The highest BCUT2D eigenvalue weighted by Gasteiger charge is 2.22. The molecule has 0 spiro atoms. The zero-order valence-electron chi connectivity index (χ0n) is 10.9. The van der Waals surface area contributed by atoms with Gasteiger partial charge in [0.15, 0.2) is 0 Å². The van der Waals surface area contributed by atoms with Gasteiger partial charge in [-0.25, -0.2) is 0 Å². The molecule has 1 aromatic rings. The van der Waals surface area contributed by atoms with Gasteiger partial charge in [0, 0.05) is 18.0 Å². The van der Waals surface area contributed by atoms with Crippen LogP contribution in [0.25, 0.3) is 0 Å². The Morgan fingerprint density at radius 3 is 2.76 bits per heavy atom. The van der Waals surface area contributed by atoms with E-state index in [4.69, 9.17) is 11.6 Å². The summed E-state index contributed by atoms with van der Waals surface area (Å²) in [5.74, 6) is 0.457. The minimum atomic E-state index is 0.372. The van der Waals surface area contributed by atoms with Crippen LogP contribution in [0.3, 0.4) is 0 Å².